The largest absolute Gasteiger partial charge is 0.463 e. The molecule has 1 fully saturated rings. The summed E-state index contributed by atoms with van der Waals surface area (Å²) in [6.07, 6.45) is 0.532. The molecule has 0 spiro atoms. The lowest BCUT2D eigenvalue weighted by molar-refractivity contribution is -0.766. The molecule has 48 heavy (non-hydrogen) atoms. The van der Waals surface area contributed by atoms with E-state index in [1.165, 1.54) is 29.3 Å². The number of likely N-dealkylation sites (tertiary alicyclic amines) is 1. The highest BCUT2D eigenvalue weighted by Crippen LogP contribution is 2.41. The second kappa shape index (κ2) is 14.3. The van der Waals surface area contributed by atoms with Gasteiger partial charge in [-0.2, -0.15) is 5.26 Å². The zero-order chi connectivity index (χ0) is 34.6. The van der Waals surface area contributed by atoms with Gasteiger partial charge in [0.1, 0.15) is 30.4 Å². The fourth-order valence-electron chi connectivity index (χ4n) is 5.36. The van der Waals surface area contributed by atoms with E-state index in [0.29, 0.717) is 16.3 Å². The Balaban J connectivity index is 1.40. The lowest BCUT2D eigenvalue weighted by Crippen LogP contribution is -2.50. The number of nitrogens with one attached hydrogen (secondary N) is 1. The molecule has 2 amide bonds. The number of aryl methyl sites for hydroxylation is 1. The summed E-state index contributed by atoms with van der Waals surface area (Å²) < 4.78 is 37.1. The first-order valence-corrected chi connectivity index (χ1v) is 15.8. The number of thiazole rings is 1. The summed E-state index contributed by atoms with van der Waals surface area (Å²) in [5.74, 6) is -3.44. The molecule has 1 aliphatic heterocycles. The van der Waals surface area contributed by atoms with E-state index in [9.17, 15) is 23.9 Å². The number of imide groups is 1. The van der Waals surface area contributed by atoms with E-state index in [1.807, 2.05) is 0 Å². The minimum Gasteiger partial charge on any atom is -0.463 e. The number of hydrogen-bond donors (Lipinski definition) is 2. The average molecular weight is 681 g/mol. The molecule has 13 nitrogen and oxygen atoms in total. The van der Waals surface area contributed by atoms with Gasteiger partial charge in [-0.25, -0.2) is 28.3 Å². The number of benzene rings is 2. The third-order valence-electron chi connectivity index (χ3n) is 8.00. The minimum absolute atomic E-state index is 0.0370. The van der Waals surface area contributed by atoms with Crippen LogP contribution in [0.25, 0.3) is 11.3 Å². The van der Waals surface area contributed by atoms with Gasteiger partial charge in [0.15, 0.2) is 0 Å². The smallest absolute Gasteiger partial charge is 0.462 e. The maximum Gasteiger partial charge on any atom is 0.462 e. The van der Waals surface area contributed by atoms with Crippen LogP contribution in [0.3, 0.4) is 0 Å². The van der Waals surface area contributed by atoms with E-state index in [4.69, 9.17) is 14.8 Å². The first-order valence-electron chi connectivity index (χ1n) is 14.9. The van der Waals surface area contributed by atoms with Crippen molar-refractivity contribution >= 4 is 29.3 Å². The first-order chi connectivity index (χ1) is 22.9. The standard InChI is InChI=1S/C32H32F2N7O6S/c1-19(30-37-27(16-48-30)22-6-4-21(13-35)5-7-22)32(45,25-12-23(33)8-10-26(25)34)17-39-18-40(20(2)38-39)47-31(44)41-24(9-11-28(41)42)15-46-29(43)14-36-3/h4-8,10,12,16,18-19,24,36,45H,9,11,14-15,17H2,1-3H3/q+1/t19-,24-,32+/m0/s1. The molecule has 3 atom stereocenters. The van der Waals surface area contributed by atoms with Gasteiger partial charge in [0.2, 0.25) is 5.91 Å². The lowest BCUT2D eigenvalue weighted by Gasteiger charge is -2.31. The summed E-state index contributed by atoms with van der Waals surface area (Å²) in [5, 5.41) is 30.5. The number of aliphatic hydroxyl groups is 1. The molecule has 4 aromatic rings. The van der Waals surface area contributed by atoms with Crippen molar-refractivity contribution in [1.82, 2.24) is 25.0 Å². The van der Waals surface area contributed by atoms with Crippen molar-refractivity contribution in [1.29, 1.82) is 5.26 Å². The van der Waals surface area contributed by atoms with Crippen LogP contribution in [-0.4, -0.2) is 69.0 Å². The van der Waals surface area contributed by atoms with E-state index in [1.54, 1.807) is 43.6 Å². The third kappa shape index (κ3) is 7.23. The molecular formula is C32H32F2N7O6S+. The van der Waals surface area contributed by atoms with Crippen LogP contribution < -0.4 is 14.8 Å². The Kier molecular flexibility index (Phi) is 10.2. The van der Waals surface area contributed by atoms with Crippen molar-refractivity contribution < 1.29 is 42.5 Å². The van der Waals surface area contributed by atoms with E-state index in [2.05, 4.69) is 21.5 Å². The number of amides is 2. The summed E-state index contributed by atoms with van der Waals surface area (Å²) in [6, 6.07) is 10.9. The number of carbonyl (C=O) groups is 3. The van der Waals surface area contributed by atoms with Gasteiger partial charge in [-0.05, 0) is 53.6 Å². The molecule has 2 aromatic heterocycles. The quantitative estimate of drug-likeness (QED) is 0.178. The summed E-state index contributed by atoms with van der Waals surface area (Å²) in [4.78, 5) is 48.4. The fraction of sp³-hybridized carbons (Fsp3) is 0.344. The molecule has 2 N–H and O–H groups in total. The van der Waals surface area contributed by atoms with Crippen LogP contribution in [0, 0.1) is 29.9 Å². The Labute approximate surface area is 277 Å². The maximum absolute atomic E-state index is 15.3. The van der Waals surface area contributed by atoms with Gasteiger partial charge in [0.25, 0.3) is 5.82 Å². The molecule has 1 aliphatic rings. The number of nitriles is 1. The van der Waals surface area contributed by atoms with Gasteiger partial charge in [0, 0.05) is 35.8 Å². The molecule has 0 aliphatic carbocycles. The van der Waals surface area contributed by atoms with Crippen LogP contribution in [0.15, 0.2) is 54.2 Å². The number of likely N-dealkylation sites (N-methyl/N-ethyl adjacent to an activating group) is 1. The minimum atomic E-state index is -2.11. The van der Waals surface area contributed by atoms with Crippen LogP contribution in [-0.2, 0) is 26.5 Å². The molecule has 0 radical (unpaired) electrons. The Morgan fingerprint density at radius 2 is 2.02 bits per heavy atom. The van der Waals surface area contributed by atoms with Gasteiger partial charge < -0.3 is 15.2 Å². The SMILES string of the molecule is CNCC(=O)OC[C@@H]1CCC(=O)N1C(=O)On1c[n+](C[C@](O)(c2cc(F)ccc2F)[C@@H](C)c2nc(-c3ccc(C#N)cc3)cs2)nc1C. The molecule has 5 rings (SSSR count). The van der Waals surface area contributed by atoms with Crippen LogP contribution in [0.2, 0.25) is 0 Å². The van der Waals surface area contributed by atoms with Gasteiger partial charge >= 0.3 is 18.4 Å². The number of esters is 1. The number of hydrogen-bond acceptors (Lipinski definition) is 11. The predicted octanol–water partition coefficient (Wildman–Crippen LogP) is 2.75. The van der Waals surface area contributed by atoms with Crippen LogP contribution in [0.4, 0.5) is 13.6 Å². The molecule has 250 valence electrons. The van der Waals surface area contributed by atoms with Gasteiger partial charge in [-0.1, -0.05) is 19.1 Å². The zero-order valence-electron chi connectivity index (χ0n) is 26.2. The Hall–Kier alpha value is -5.11. The second-order valence-electron chi connectivity index (χ2n) is 11.2. The normalized spacial score (nSPS) is 16.3. The Morgan fingerprint density at radius 3 is 2.73 bits per heavy atom. The number of aromatic nitrogens is 4. The number of nitrogens with zero attached hydrogens (tertiary/aromatic N) is 6. The van der Waals surface area contributed by atoms with E-state index in [-0.39, 0.29) is 37.4 Å². The van der Waals surface area contributed by atoms with Crippen molar-refractivity contribution in [2.75, 3.05) is 20.2 Å². The molecule has 16 heteroatoms. The molecule has 1 saturated heterocycles. The monoisotopic (exact) mass is 680 g/mol. The Bertz CT molecular complexity index is 1870. The van der Waals surface area contributed by atoms with E-state index >= 15 is 4.39 Å². The highest BCUT2D eigenvalue weighted by Gasteiger charge is 2.44. The maximum atomic E-state index is 15.3. The van der Waals surface area contributed by atoms with Crippen LogP contribution in [0.5, 0.6) is 0 Å². The van der Waals surface area contributed by atoms with Crippen molar-refractivity contribution in [3.05, 3.63) is 87.8 Å². The molecule has 0 unspecified atom stereocenters. The molecule has 0 saturated carbocycles. The first kappa shape index (κ1) is 34.2. The van der Waals surface area contributed by atoms with Crippen molar-refractivity contribution in [3.8, 4) is 17.3 Å². The summed E-state index contributed by atoms with van der Waals surface area (Å²) in [6.45, 7) is 2.47. The van der Waals surface area contributed by atoms with Crippen LogP contribution >= 0.6 is 11.3 Å². The Morgan fingerprint density at radius 1 is 1.27 bits per heavy atom. The number of ether oxygens (including phenoxy) is 1. The van der Waals surface area contributed by atoms with Crippen molar-refractivity contribution in [2.24, 2.45) is 0 Å². The summed E-state index contributed by atoms with van der Waals surface area (Å²) in [5.41, 5.74) is -0.669. The predicted molar refractivity (Wildman–Crippen MR) is 165 cm³/mol. The van der Waals surface area contributed by atoms with Crippen molar-refractivity contribution in [2.45, 2.75) is 50.8 Å². The molecule has 0 bridgehead atoms. The highest BCUT2D eigenvalue weighted by atomic mass is 32.1. The highest BCUT2D eigenvalue weighted by molar-refractivity contribution is 7.10. The van der Waals surface area contributed by atoms with E-state index < -0.39 is 53.7 Å². The second-order valence-corrected chi connectivity index (χ2v) is 12.1. The fourth-order valence-corrected chi connectivity index (χ4v) is 6.33. The van der Waals surface area contributed by atoms with Gasteiger partial charge in [-0.15, -0.1) is 16.0 Å². The summed E-state index contributed by atoms with van der Waals surface area (Å²) >= 11 is 1.22. The average Bonchev–Trinajstić information content (AvgIpc) is 3.79. The third-order valence-corrected chi connectivity index (χ3v) is 9.03. The lowest BCUT2D eigenvalue weighted by atomic mass is 9.82. The number of carbonyl (C=O) groups excluding carboxylic acids is 3. The van der Waals surface area contributed by atoms with Crippen molar-refractivity contribution in [3.63, 3.8) is 0 Å². The molecule has 2 aromatic carbocycles. The molecule has 3 heterocycles. The van der Waals surface area contributed by atoms with Gasteiger partial charge in [0.05, 0.1) is 34.9 Å². The molecular weight excluding hydrogens is 648 g/mol. The van der Waals surface area contributed by atoms with Gasteiger partial charge in [-0.3, -0.25) is 9.59 Å². The van der Waals surface area contributed by atoms with Crippen LogP contribution in [0.1, 0.15) is 47.6 Å². The number of halogens is 2. The summed E-state index contributed by atoms with van der Waals surface area (Å²) in [7, 11) is 1.58. The number of rotatable bonds is 11. The van der Waals surface area contributed by atoms with E-state index in [0.717, 1.165) is 33.4 Å². The zero-order valence-corrected chi connectivity index (χ0v) is 27.0. The topological polar surface area (TPSA) is 164 Å².